The van der Waals surface area contributed by atoms with Gasteiger partial charge in [0.25, 0.3) is 0 Å². The first-order valence-electron chi connectivity index (χ1n) is 9.02. The maximum Gasteiger partial charge on any atom is 0.343 e. The molecule has 0 bridgehead atoms. The van der Waals surface area contributed by atoms with E-state index in [-0.39, 0.29) is 17.2 Å². The third kappa shape index (κ3) is 4.06. The summed E-state index contributed by atoms with van der Waals surface area (Å²) in [5, 5.41) is 11.0. The molecule has 0 aromatic heterocycles. The third-order valence-corrected chi connectivity index (χ3v) is 5.68. The van der Waals surface area contributed by atoms with Gasteiger partial charge in [-0.3, -0.25) is 0 Å². The van der Waals surface area contributed by atoms with Crippen molar-refractivity contribution in [1.29, 1.82) is 5.26 Å². The first-order chi connectivity index (χ1) is 14.9. The lowest BCUT2D eigenvalue weighted by molar-refractivity contribution is 0.0734. The number of esters is 1. The Hall–Kier alpha value is -3.17. The van der Waals surface area contributed by atoms with Gasteiger partial charge in [-0.05, 0) is 42.5 Å². The van der Waals surface area contributed by atoms with E-state index >= 15 is 0 Å². The van der Waals surface area contributed by atoms with Gasteiger partial charge in [0.2, 0.25) is 5.88 Å². The van der Waals surface area contributed by atoms with E-state index in [0.717, 1.165) is 0 Å². The van der Waals surface area contributed by atoms with E-state index in [1.807, 2.05) is 0 Å². The normalized spacial score (nSPS) is 15.0. The van der Waals surface area contributed by atoms with Crippen LogP contribution in [0.5, 0.6) is 11.5 Å². The predicted molar refractivity (Wildman–Crippen MR) is 119 cm³/mol. The summed E-state index contributed by atoms with van der Waals surface area (Å²) < 4.78 is 11.1. The lowest BCUT2D eigenvalue weighted by Crippen LogP contribution is -2.21. The molecule has 1 aliphatic rings. The molecule has 0 fully saturated rings. The Labute approximate surface area is 193 Å². The maximum atomic E-state index is 12.4. The molecule has 1 atom stereocenters. The number of nitrogens with zero attached hydrogens (tertiary/aromatic N) is 1. The summed E-state index contributed by atoms with van der Waals surface area (Å²) >= 11 is 18.7. The average molecular weight is 472 g/mol. The van der Waals surface area contributed by atoms with Crippen molar-refractivity contribution < 1.29 is 14.3 Å². The van der Waals surface area contributed by atoms with Crippen molar-refractivity contribution >= 4 is 40.8 Å². The van der Waals surface area contributed by atoms with Gasteiger partial charge in [0, 0.05) is 32.3 Å². The molecule has 1 unspecified atom stereocenters. The Morgan fingerprint density at radius 2 is 1.71 bits per heavy atom. The van der Waals surface area contributed by atoms with Crippen LogP contribution in [0.2, 0.25) is 15.1 Å². The van der Waals surface area contributed by atoms with Crippen molar-refractivity contribution in [2.45, 2.75) is 5.92 Å². The number of ether oxygens (including phenoxy) is 2. The minimum atomic E-state index is -0.629. The third-order valence-electron chi connectivity index (χ3n) is 4.77. The molecular weight excluding hydrogens is 459 g/mol. The predicted octanol–water partition coefficient (Wildman–Crippen LogP) is 6.08. The number of hydrogen-bond acceptors (Lipinski definition) is 5. The molecule has 31 heavy (non-hydrogen) atoms. The van der Waals surface area contributed by atoms with Crippen LogP contribution >= 0.6 is 34.8 Å². The van der Waals surface area contributed by atoms with E-state index in [9.17, 15) is 10.1 Å². The first kappa shape index (κ1) is 21.1. The minimum Gasteiger partial charge on any atom is -0.440 e. The molecule has 0 radical (unpaired) electrons. The highest BCUT2D eigenvalue weighted by Gasteiger charge is 2.33. The second kappa shape index (κ2) is 8.52. The van der Waals surface area contributed by atoms with Crippen molar-refractivity contribution in [3.63, 3.8) is 0 Å². The Morgan fingerprint density at radius 3 is 2.35 bits per heavy atom. The molecule has 0 saturated heterocycles. The quantitative estimate of drug-likeness (QED) is 0.369. The Morgan fingerprint density at radius 1 is 1.03 bits per heavy atom. The first-order valence-corrected chi connectivity index (χ1v) is 10.2. The van der Waals surface area contributed by atoms with Gasteiger partial charge in [-0.15, -0.1) is 0 Å². The number of carbonyl (C=O) groups is 1. The zero-order chi connectivity index (χ0) is 22.1. The fraction of sp³-hybridized carbons (Fsp3) is 0.0435. The number of carbonyl (C=O) groups excluding carboxylic acids is 1. The van der Waals surface area contributed by atoms with E-state index in [4.69, 9.17) is 50.0 Å². The van der Waals surface area contributed by atoms with Crippen LogP contribution in [-0.2, 0) is 0 Å². The Balaban J connectivity index is 1.73. The molecule has 4 rings (SSSR count). The van der Waals surface area contributed by atoms with Gasteiger partial charge in [-0.25, -0.2) is 4.79 Å². The lowest BCUT2D eigenvalue weighted by atomic mass is 9.83. The smallest absolute Gasteiger partial charge is 0.343 e. The van der Waals surface area contributed by atoms with E-state index in [1.54, 1.807) is 54.6 Å². The van der Waals surface area contributed by atoms with Gasteiger partial charge in [0.05, 0.1) is 11.5 Å². The van der Waals surface area contributed by atoms with Gasteiger partial charge in [0.1, 0.15) is 23.1 Å². The highest BCUT2D eigenvalue weighted by Crippen LogP contribution is 2.47. The zero-order valence-corrected chi connectivity index (χ0v) is 18.0. The van der Waals surface area contributed by atoms with E-state index in [1.165, 1.54) is 6.07 Å². The molecule has 1 aliphatic heterocycles. The van der Waals surface area contributed by atoms with Gasteiger partial charge >= 0.3 is 5.97 Å². The van der Waals surface area contributed by atoms with Gasteiger partial charge in [-0.1, -0.05) is 46.9 Å². The standard InChI is InChI=1S/C23H13Cl3N2O3/c24-13-6-4-12(5-7-13)23(29)30-14-8-9-15-19(10-14)31-22(28)16(11-27)20(15)21-17(25)2-1-3-18(21)26/h1-10,20H,28H2. The summed E-state index contributed by atoms with van der Waals surface area (Å²) in [6, 6.07) is 18.3. The number of hydrogen-bond donors (Lipinski definition) is 1. The fourth-order valence-electron chi connectivity index (χ4n) is 3.33. The summed E-state index contributed by atoms with van der Waals surface area (Å²) in [6.07, 6.45) is 0. The Kier molecular flexibility index (Phi) is 5.79. The van der Waals surface area contributed by atoms with Crippen LogP contribution in [0.3, 0.4) is 0 Å². The molecule has 8 heteroatoms. The number of allylic oxidation sites excluding steroid dienone is 1. The highest BCUT2D eigenvalue weighted by atomic mass is 35.5. The van der Waals surface area contributed by atoms with Crippen molar-refractivity contribution in [3.05, 3.63) is 104 Å². The summed E-state index contributed by atoms with van der Waals surface area (Å²) in [4.78, 5) is 12.4. The fourth-order valence-corrected chi connectivity index (χ4v) is 4.08. The van der Waals surface area contributed by atoms with Crippen LogP contribution in [0.4, 0.5) is 0 Å². The Bertz CT molecular complexity index is 1240. The number of benzene rings is 3. The van der Waals surface area contributed by atoms with Gasteiger partial charge < -0.3 is 15.2 Å². The SMILES string of the molecule is N#CC1=C(N)Oc2cc(OC(=O)c3ccc(Cl)cc3)ccc2C1c1c(Cl)cccc1Cl. The molecule has 1 heterocycles. The molecule has 3 aromatic rings. The van der Waals surface area contributed by atoms with Crippen LogP contribution in [0.25, 0.3) is 0 Å². The number of nitriles is 1. The number of fused-ring (bicyclic) bond motifs is 1. The van der Waals surface area contributed by atoms with Crippen molar-refractivity contribution in [3.8, 4) is 17.6 Å². The summed E-state index contributed by atoms with van der Waals surface area (Å²) in [5.74, 6) is -0.678. The lowest BCUT2D eigenvalue weighted by Gasteiger charge is -2.27. The monoisotopic (exact) mass is 470 g/mol. The van der Waals surface area contributed by atoms with Crippen molar-refractivity contribution in [2.24, 2.45) is 5.73 Å². The second-order valence-corrected chi connectivity index (χ2v) is 7.91. The molecular formula is C23H13Cl3N2O3. The van der Waals surface area contributed by atoms with Crippen LogP contribution in [-0.4, -0.2) is 5.97 Å². The minimum absolute atomic E-state index is 0.0721. The molecule has 0 amide bonds. The number of nitrogens with two attached hydrogens (primary N) is 1. The largest absolute Gasteiger partial charge is 0.440 e. The van der Waals surface area contributed by atoms with Crippen LogP contribution in [0.15, 0.2) is 72.1 Å². The van der Waals surface area contributed by atoms with E-state index in [0.29, 0.717) is 37.5 Å². The number of halogens is 3. The molecule has 154 valence electrons. The van der Waals surface area contributed by atoms with Crippen LogP contribution < -0.4 is 15.2 Å². The summed E-state index contributed by atoms with van der Waals surface area (Å²) in [5.41, 5.74) is 7.71. The van der Waals surface area contributed by atoms with Crippen LogP contribution in [0.1, 0.15) is 27.4 Å². The maximum absolute atomic E-state index is 12.4. The highest BCUT2D eigenvalue weighted by molar-refractivity contribution is 6.36. The molecule has 2 N–H and O–H groups in total. The van der Waals surface area contributed by atoms with Crippen molar-refractivity contribution in [1.82, 2.24) is 0 Å². The molecule has 0 spiro atoms. The van der Waals surface area contributed by atoms with Crippen molar-refractivity contribution in [2.75, 3.05) is 0 Å². The second-order valence-electron chi connectivity index (χ2n) is 6.66. The van der Waals surface area contributed by atoms with Gasteiger partial charge in [-0.2, -0.15) is 5.26 Å². The molecule has 0 aliphatic carbocycles. The topological polar surface area (TPSA) is 85.3 Å². The zero-order valence-electron chi connectivity index (χ0n) is 15.7. The molecule has 3 aromatic carbocycles. The van der Waals surface area contributed by atoms with E-state index < -0.39 is 11.9 Å². The summed E-state index contributed by atoms with van der Waals surface area (Å²) in [7, 11) is 0. The molecule has 5 nitrogen and oxygen atoms in total. The van der Waals surface area contributed by atoms with E-state index in [2.05, 4.69) is 6.07 Å². The molecule has 0 saturated carbocycles. The van der Waals surface area contributed by atoms with Crippen LogP contribution in [0, 0.1) is 11.3 Å². The number of rotatable bonds is 3. The summed E-state index contributed by atoms with van der Waals surface area (Å²) in [6.45, 7) is 0. The average Bonchev–Trinajstić information content (AvgIpc) is 2.73. The van der Waals surface area contributed by atoms with Gasteiger partial charge in [0.15, 0.2) is 0 Å².